The van der Waals surface area contributed by atoms with E-state index in [1.165, 1.54) is 64.5 Å². The first-order valence-electron chi connectivity index (χ1n) is 8.92. The van der Waals surface area contributed by atoms with Gasteiger partial charge in [0.1, 0.15) is 0 Å². The van der Waals surface area contributed by atoms with Crippen molar-refractivity contribution in [2.45, 2.75) is 85.5 Å². The summed E-state index contributed by atoms with van der Waals surface area (Å²) >= 11 is 0. The van der Waals surface area contributed by atoms with Gasteiger partial charge in [-0.15, -0.1) is 0 Å². The lowest BCUT2D eigenvalue weighted by molar-refractivity contribution is 0.0603. The van der Waals surface area contributed by atoms with Crippen LogP contribution < -0.4 is 5.32 Å². The molecule has 2 nitrogen and oxygen atoms in total. The molecule has 3 fully saturated rings. The molecule has 0 unspecified atom stereocenters. The average Bonchev–Trinajstić information content (AvgIpc) is 2.42. The maximum absolute atomic E-state index is 8.37. The van der Waals surface area contributed by atoms with Crippen LogP contribution in [0.25, 0.3) is 0 Å². The molecule has 118 valence electrons. The standard InChI is InChI=1S/C8H13N.C6H11N.2C2H6/c9-7-6-8-4-2-1-3-5-8;1-2-6(3-1)4-7-5-6;2*1-2/h8H,1-6H2;7H,1-5H2;2*1-2H3. The summed E-state index contributed by atoms with van der Waals surface area (Å²) in [5.41, 5.74) is 0.833. The molecule has 1 aliphatic heterocycles. The first-order valence-corrected chi connectivity index (χ1v) is 8.92. The molecule has 2 heteroatoms. The third-order valence-electron chi connectivity index (χ3n) is 4.52. The van der Waals surface area contributed by atoms with Crippen molar-refractivity contribution in [3.8, 4) is 6.07 Å². The quantitative estimate of drug-likeness (QED) is 0.708. The van der Waals surface area contributed by atoms with E-state index in [0.29, 0.717) is 0 Å². The highest BCUT2D eigenvalue weighted by molar-refractivity contribution is 4.97. The van der Waals surface area contributed by atoms with Crippen LogP contribution in [0.1, 0.15) is 85.5 Å². The minimum Gasteiger partial charge on any atom is -0.316 e. The van der Waals surface area contributed by atoms with Crippen LogP contribution in [0.5, 0.6) is 0 Å². The maximum atomic E-state index is 8.37. The van der Waals surface area contributed by atoms with Gasteiger partial charge in [0, 0.05) is 19.5 Å². The number of hydrogen-bond acceptors (Lipinski definition) is 2. The molecule has 20 heavy (non-hydrogen) atoms. The summed E-state index contributed by atoms with van der Waals surface area (Å²) in [6.45, 7) is 10.6. The van der Waals surface area contributed by atoms with Gasteiger partial charge in [-0.05, 0) is 37.0 Å². The van der Waals surface area contributed by atoms with Gasteiger partial charge in [0.15, 0.2) is 0 Å². The summed E-state index contributed by atoms with van der Waals surface area (Å²) in [4.78, 5) is 0. The summed E-state index contributed by atoms with van der Waals surface area (Å²) in [7, 11) is 0. The molecule has 1 N–H and O–H groups in total. The van der Waals surface area contributed by atoms with E-state index in [1.54, 1.807) is 0 Å². The van der Waals surface area contributed by atoms with E-state index in [9.17, 15) is 0 Å². The molecule has 2 saturated carbocycles. The lowest BCUT2D eigenvalue weighted by atomic mass is 9.65. The normalized spacial score (nSPS) is 22.1. The van der Waals surface area contributed by atoms with Crippen molar-refractivity contribution in [2.75, 3.05) is 13.1 Å². The van der Waals surface area contributed by atoms with E-state index in [2.05, 4.69) is 11.4 Å². The van der Waals surface area contributed by atoms with Crippen LogP contribution >= 0.6 is 0 Å². The predicted molar refractivity (Wildman–Crippen MR) is 88.7 cm³/mol. The van der Waals surface area contributed by atoms with Gasteiger partial charge in [-0.1, -0.05) is 53.4 Å². The van der Waals surface area contributed by atoms with Crippen molar-refractivity contribution in [2.24, 2.45) is 11.3 Å². The SMILES string of the molecule is C1CC2(C1)CNC2.CC.CC.N#CCC1CCCCC1. The van der Waals surface area contributed by atoms with Crippen LogP contribution in [-0.4, -0.2) is 13.1 Å². The predicted octanol–water partition coefficient (Wildman–Crippen LogP) is 5.29. The van der Waals surface area contributed by atoms with Crippen molar-refractivity contribution in [3.63, 3.8) is 0 Å². The average molecular weight is 280 g/mol. The van der Waals surface area contributed by atoms with Crippen molar-refractivity contribution in [1.82, 2.24) is 5.32 Å². The Bertz CT molecular complexity index is 225. The molecular formula is C18H36N2. The Morgan fingerprint density at radius 2 is 1.50 bits per heavy atom. The Kier molecular flexibility index (Phi) is 11.9. The molecule has 1 spiro atoms. The maximum Gasteiger partial charge on any atom is 0.0624 e. The number of nitrogens with zero attached hydrogens (tertiary/aromatic N) is 1. The molecule has 0 amide bonds. The molecule has 0 aromatic rings. The van der Waals surface area contributed by atoms with E-state index >= 15 is 0 Å². The van der Waals surface area contributed by atoms with E-state index in [0.717, 1.165) is 17.8 Å². The number of hydrogen-bond donors (Lipinski definition) is 1. The minimum atomic E-state index is 0.740. The summed E-state index contributed by atoms with van der Waals surface area (Å²) in [6.07, 6.45) is 12.0. The summed E-state index contributed by atoms with van der Waals surface area (Å²) in [5, 5.41) is 11.7. The lowest BCUT2D eigenvalue weighted by Crippen LogP contribution is -2.57. The second-order valence-electron chi connectivity index (χ2n) is 5.82. The van der Waals surface area contributed by atoms with Crippen molar-refractivity contribution in [1.29, 1.82) is 5.26 Å². The molecule has 0 bridgehead atoms. The zero-order valence-corrected chi connectivity index (χ0v) is 14.3. The molecule has 1 heterocycles. The molecular weight excluding hydrogens is 244 g/mol. The second kappa shape index (κ2) is 12.2. The minimum absolute atomic E-state index is 0.740. The van der Waals surface area contributed by atoms with Crippen LogP contribution in [-0.2, 0) is 0 Å². The third-order valence-corrected chi connectivity index (χ3v) is 4.52. The van der Waals surface area contributed by atoms with Gasteiger partial charge < -0.3 is 5.32 Å². The van der Waals surface area contributed by atoms with Gasteiger partial charge in [-0.25, -0.2) is 0 Å². The molecule has 2 aliphatic carbocycles. The topological polar surface area (TPSA) is 35.8 Å². The van der Waals surface area contributed by atoms with Gasteiger partial charge in [-0.3, -0.25) is 0 Å². The Balaban J connectivity index is 0.000000293. The largest absolute Gasteiger partial charge is 0.316 e. The summed E-state index contributed by atoms with van der Waals surface area (Å²) in [5.74, 6) is 0.740. The molecule has 3 rings (SSSR count). The van der Waals surface area contributed by atoms with Gasteiger partial charge in [0.2, 0.25) is 0 Å². The van der Waals surface area contributed by atoms with E-state index < -0.39 is 0 Å². The molecule has 0 aromatic carbocycles. The lowest BCUT2D eigenvalue weighted by Gasteiger charge is -2.49. The van der Waals surface area contributed by atoms with Crippen LogP contribution in [0, 0.1) is 22.7 Å². The number of rotatable bonds is 1. The highest BCUT2D eigenvalue weighted by Gasteiger charge is 2.41. The highest BCUT2D eigenvalue weighted by atomic mass is 15.0. The third kappa shape index (κ3) is 6.75. The number of nitriles is 1. The zero-order valence-electron chi connectivity index (χ0n) is 14.3. The smallest absolute Gasteiger partial charge is 0.0624 e. The van der Waals surface area contributed by atoms with Crippen LogP contribution in [0.3, 0.4) is 0 Å². The summed E-state index contributed by atoms with van der Waals surface area (Å²) < 4.78 is 0. The molecule has 0 aromatic heterocycles. The van der Waals surface area contributed by atoms with Gasteiger partial charge in [0.05, 0.1) is 6.07 Å². The van der Waals surface area contributed by atoms with E-state index in [1.807, 2.05) is 27.7 Å². The first-order chi connectivity index (χ1) is 9.85. The van der Waals surface area contributed by atoms with Gasteiger partial charge in [-0.2, -0.15) is 5.26 Å². The Morgan fingerprint density at radius 1 is 0.950 bits per heavy atom. The zero-order chi connectivity index (χ0) is 15.3. The van der Waals surface area contributed by atoms with Crippen molar-refractivity contribution < 1.29 is 0 Å². The fourth-order valence-corrected chi connectivity index (χ4v) is 3.03. The molecule has 1 saturated heterocycles. The number of nitrogens with one attached hydrogen (secondary N) is 1. The Morgan fingerprint density at radius 3 is 1.75 bits per heavy atom. The van der Waals surface area contributed by atoms with Crippen LogP contribution in [0.2, 0.25) is 0 Å². The summed E-state index contributed by atoms with van der Waals surface area (Å²) in [6, 6.07) is 2.24. The second-order valence-corrected chi connectivity index (χ2v) is 5.82. The molecule has 0 radical (unpaired) electrons. The van der Waals surface area contributed by atoms with Gasteiger partial charge >= 0.3 is 0 Å². The van der Waals surface area contributed by atoms with Crippen LogP contribution in [0.15, 0.2) is 0 Å². The Hall–Kier alpha value is -0.550. The van der Waals surface area contributed by atoms with Crippen LogP contribution in [0.4, 0.5) is 0 Å². The van der Waals surface area contributed by atoms with Gasteiger partial charge in [0.25, 0.3) is 0 Å². The fourth-order valence-electron chi connectivity index (χ4n) is 3.03. The molecule has 0 atom stereocenters. The fraction of sp³-hybridized carbons (Fsp3) is 0.944. The molecule has 3 aliphatic rings. The van der Waals surface area contributed by atoms with Crippen molar-refractivity contribution in [3.05, 3.63) is 0 Å². The monoisotopic (exact) mass is 280 g/mol. The Labute approximate surface area is 127 Å². The van der Waals surface area contributed by atoms with Crippen molar-refractivity contribution >= 4 is 0 Å². The van der Waals surface area contributed by atoms with E-state index in [4.69, 9.17) is 5.26 Å². The highest BCUT2D eigenvalue weighted by Crippen LogP contribution is 2.43. The van der Waals surface area contributed by atoms with E-state index in [-0.39, 0.29) is 0 Å². The first kappa shape index (κ1) is 19.4.